The monoisotopic (exact) mass is 189 g/mol. The zero-order valence-corrected chi connectivity index (χ0v) is 8.30. The van der Waals surface area contributed by atoms with Gasteiger partial charge in [0, 0.05) is 0 Å². The zero-order valence-electron chi connectivity index (χ0n) is 7.15. The van der Waals surface area contributed by atoms with E-state index >= 15 is 0 Å². The Labute approximate surface area is 73.2 Å². The summed E-state index contributed by atoms with van der Waals surface area (Å²) in [5.74, 6) is 0.546. The first-order valence-corrected chi connectivity index (χ1v) is 4.34. The summed E-state index contributed by atoms with van der Waals surface area (Å²) in [5.41, 5.74) is 0.658. The summed E-state index contributed by atoms with van der Waals surface area (Å²) in [6.07, 6.45) is 0. The molecule has 0 N–H and O–H groups in total. The van der Waals surface area contributed by atoms with Crippen LogP contribution in [0.2, 0.25) is 0 Å². The third kappa shape index (κ3) is 1.85. The van der Waals surface area contributed by atoms with Gasteiger partial charge in [0.15, 0.2) is 0 Å². The number of ether oxygens (including phenoxy) is 1. The second-order valence-electron chi connectivity index (χ2n) is 2.00. The predicted molar refractivity (Wildman–Crippen MR) is 47.7 cm³/mol. The van der Waals surface area contributed by atoms with Crippen LogP contribution in [0.4, 0.5) is 0 Å². The van der Waals surface area contributed by atoms with Crippen LogP contribution in [0.5, 0.6) is 5.88 Å². The standard InChI is InChI=1S/C6H12N3O2P/c1-3-10-6-5(12)7-8-9(6)11-4-2/h3-4,12H2,1-2H3. The van der Waals surface area contributed by atoms with Gasteiger partial charge in [0.1, 0.15) is 12.0 Å². The maximum atomic E-state index is 5.25. The van der Waals surface area contributed by atoms with E-state index in [1.54, 1.807) is 0 Å². The van der Waals surface area contributed by atoms with Crippen LogP contribution in [0.15, 0.2) is 0 Å². The van der Waals surface area contributed by atoms with E-state index in [2.05, 4.69) is 19.6 Å². The molecule has 0 aromatic carbocycles. The summed E-state index contributed by atoms with van der Waals surface area (Å²) >= 11 is 0. The molecule has 0 radical (unpaired) electrons. The summed E-state index contributed by atoms with van der Waals surface area (Å²) in [6.45, 7) is 4.88. The van der Waals surface area contributed by atoms with Crippen LogP contribution >= 0.6 is 9.24 Å². The molecule has 0 saturated heterocycles. The van der Waals surface area contributed by atoms with Gasteiger partial charge >= 0.3 is 0 Å². The van der Waals surface area contributed by atoms with Crippen molar-refractivity contribution in [1.29, 1.82) is 0 Å². The molecular formula is C6H12N3O2P. The summed E-state index contributed by atoms with van der Waals surface area (Å²) in [5, 5.41) is 7.50. The number of nitrogens with zero attached hydrogens (tertiary/aromatic N) is 3. The van der Waals surface area contributed by atoms with Crippen molar-refractivity contribution in [2.24, 2.45) is 0 Å². The molecule has 1 heterocycles. The molecule has 6 heteroatoms. The lowest BCUT2D eigenvalue weighted by Gasteiger charge is -2.05. The van der Waals surface area contributed by atoms with Crippen LogP contribution in [0.25, 0.3) is 0 Å². The average molecular weight is 189 g/mol. The fourth-order valence-electron chi connectivity index (χ4n) is 0.743. The van der Waals surface area contributed by atoms with Crippen LogP contribution < -0.4 is 15.0 Å². The van der Waals surface area contributed by atoms with Crippen molar-refractivity contribution in [3.05, 3.63) is 0 Å². The Kier molecular flexibility index (Phi) is 3.29. The fourth-order valence-corrected chi connectivity index (χ4v) is 0.988. The first kappa shape index (κ1) is 9.26. The number of rotatable bonds is 4. The molecule has 1 unspecified atom stereocenters. The Morgan fingerprint density at radius 1 is 1.42 bits per heavy atom. The van der Waals surface area contributed by atoms with Gasteiger partial charge in [-0.25, -0.2) is 0 Å². The average Bonchev–Trinajstić information content (AvgIpc) is 2.37. The highest BCUT2D eigenvalue weighted by molar-refractivity contribution is 7.27. The Hall–Kier alpha value is -0.830. The van der Waals surface area contributed by atoms with E-state index < -0.39 is 0 Å². The quantitative estimate of drug-likeness (QED) is 0.606. The van der Waals surface area contributed by atoms with E-state index in [0.717, 1.165) is 0 Å². The van der Waals surface area contributed by atoms with Crippen molar-refractivity contribution in [1.82, 2.24) is 15.2 Å². The molecule has 68 valence electrons. The van der Waals surface area contributed by atoms with Crippen molar-refractivity contribution in [2.75, 3.05) is 13.2 Å². The highest BCUT2D eigenvalue weighted by Gasteiger charge is 2.10. The lowest BCUT2D eigenvalue weighted by Crippen LogP contribution is -2.15. The lowest BCUT2D eigenvalue weighted by atomic mass is 10.8. The molecule has 1 aromatic heterocycles. The van der Waals surface area contributed by atoms with Gasteiger partial charge in [-0.05, 0) is 23.9 Å². The van der Waals surface area contributed by atoms with E-state index in [9.17, 15) is 0 Å². The molecule has 5 nitrogen and oxygen atoms in total. The first-order chi connectivity index (χ1) is 5.79. The van der Waals surface area contributed by atoms with E-state index in [1.165, 1.54) is 4.85 Å². The first-order valence-electron chi connectivity index (χ1n) is 3.76. The molecule has 12 heavy (non-hydrogen) atoms. The summed E-state index contributed by atoms with van der Waals surface area (Å²) in [6, 6.07) is 0. The van der Waals surface area contributed by atoms with Gasteiger partial charge in [0.25, 0.3) is 5.88 Å². The van der Waals surface area contributed by atoms with E-state index in [-0.39, 0.29) is 0 Å². The van der Waals surface area contributed by atoms with Crippen molar-refractivity contribution in [3.8, 4) is 5.88 Å². The minimum atomic E-state index is 0.535. The van der Waals surface area contributed by atoms with Crippen LogP contribution in [-0.4, -0.2) is 28.4 Å². The topological polar surface area (TPSA) is 49.2 Å². The zero-order chi connectivity index (χ0) is 8.97. The normalized spacial score (nSPS) is 9.92. The van der Waals surface area contributed by atoms with Crippen molar-refractivity contribution in [2.45, 2.75) is 13.8 Å². The van der Waals surface area contributed by atoms with Gasteiger partial charge in [0.05, 0.1) is 6.61 Å². The van der Waals surface area contributed by atoms with E-state index in [4.69, 9.17) is 9.57 Å². The van der Waals surface area contributed by atoms with Gasteiger partial charge in [-0.1, -0.05) is 9.24 Å². The van der Waals surface area contributed by atoms with Crippen LogP contribution in [-0.2, 0) is 0 Å². The van der Waals surface area contributed by atoms with Gasteiger partial charge in [0.2, 0.25) is 0 Å². The molecule has 0 saturated carbocycles. The van der Waals surface area contributed by atoms with Gasteiger partial charge < -0.3 is 9.57 Å². The third-order valence-electron chi connectivity index (χ3n) is 1.16. The van der Waals surface area contributed by atoms with Crippen LogP contribution in [0.1, 0.15) is 13.8 Å². The second kappa shape index (κ2) is 4.26. The fraction of sp³-hybridized carbons (Fsp3) is 0.667. The Morgan fingerprint density at radius 3 is 2.75 bits per heavy atom. The molecule has 1 aromatic rings. The van der Waals surface area contributed by atoms with Gasteiger partial charge in [-0.2, -0.15) is 0 Å². The molecule has 0 aliphatic heterocycles. The summed E-state index contributed by atoms with van der Waals surface area (Å²) < 4.78 is 5.25. The molecule has 0 aliphatic carbocycles. The lowest BCUT2D eigenvalue weighted by molar-refractivity contribution is 0.0661. The van der Waals surface area contributed by atoms with E-state index in [0.29, 0.717) is 24.5 Å². The number of hydrogen-bond donors (Lipinski definition) is 0. The highest BCUT2D eigenvalue weighted by Crippen LogP contribution is 2.05. The third-order valence-corrected chi connectivity index (χ3v) is 1.52. The molecule has 0 aliphatic rings. The second-order valence-corrected chi connectivity index (χ2v) is 2.55. The smallest absolute Gasteiger partial charge is 0.278 e. The Balaban J connectivity index is 2.80. The van der Waals surface area contributed by atoms with Crippen molar-refractivity contribution in [3.63, 3.8) is 0 Å². The maximum Gasteiger partial charge on any atom is 0.278 e. The highest BCUT2D eigenvalue weighted by atomic mass is 31.0. The Bertz CT molecular complexity index is 251. The van der Waals surface area contributed by atoms with Crippen LogP contribution in [0, 0.1) is 0 Å². The number of hydrogen-bond acceptors (Lipinski definition) is 4. The van der Waals surface area contributed by atoms with Gasteiger partial charge in [-0.3, -0.25) is 0 Å². The maximum absolute atomic E-state index is 5.25. The van der Waals surface area contributed by atoms with Crippen LogP contribution in [0.3, 0.4) is 0 Å². The molecule has 0 bridgehead atoms. The molecule has 0 spiro atoms. The number of aromatic nitrogens is 3. The SMILES string of the molecule is CCOc1c(P)nnn1OCC. The van der Waals surface area contributed by atoms with Crippen molar-refractivity contribution < 1.29 is 9.57 Å². The van der Waals surface area contributed by atoms with E-state index in [1.807, 2.05) is 13.8 Å². The molecule has 0 fully saturated rings. The molecule has 1 atom stereocenters. The van der Waals surface area contributed by atoms with Crippen molar-refractivity contribution >= 4 is 14.7 Å². The minimum Gasteiger partial charge on any atom is -0.474 e. The Morgan fingerprint density at radius 2 is 2.17 bits per heavy atom. The minimum absolute atomic E-state index is 0.535. The summed E-state index contributed by atoms with van der Waals surface area (Å²) in [7, 11) is 2.43. The molecular weight excluding hydrogens is 177 g/mol. The predicted octanol–water partition coefficient (Wildman–Crippen LogP) is -0.374. The molecule has 0 amide bonds. The van der Waals surface area contributed by atoms with Gasteiger partial charge in [-0.15, -0.1) is 5.10 Å². The summed E-state index contributed by atoms with van der Waals surface area (Å²) in [4.78, 5) is 6.40. The largest absolute Gasteiger partial charge is 0.474 e. The molecule has 1 rings (SSSR count).